The molecule has 0 bridgehead atoms. The molecule has 1 heterocycles. The molecular formula is C16H21NO4S. The second-order valence-corrected chi connectivity index (χ2v) is 8.74. The van der Waals surface area contributed by atoms with Crippen molar-refractivity contribution in [3.8, 4) is 0 Å². The number of rotatable bonds is 4. The summed E-state index contributed by atoms with van der Waals surface area (Å²) in [5.74, 6) is -0.217. The van der Waals surface area contributed by atoms with Crippen LogP contribution in [0.2, 0.25) is 0 Å². The van der Waals surface area contributed by atoms with Gasteiger partial charge in [-0.15, -0.1) is 0 Å². The Bertz CT molecular complexity index is 689. The third kappa shape index (κ3) is 2.65. The van der Waals surface area contributed by atoms with Crippen LogP contribution in [0.3, 0.4) is 0 Å². The van der Waals surface area contributed by atoms with E-state index in [1.165, 1.54) is 0 Å². The Balaban J connectivity index is 1.76. The Hall–Kier alpha value is -1.40. The van der Waals surface area contributed by atoms with E-state index in [2.05, 4.69) is 5.32 Å². The molecule has 22 heavy (non-hydrogen) atoms. The van der Waals surface area contributed by atoms with Crippen LogP contribution in [0, 0.1) is 0 Å². The summed E-state index contributed by atoms with van der Waals surface area (Å²) < 4.78 is 28.3. The van der Waals surface area contributed by atoms with Gasteiger partial charge in [0.15, 0.2) is 9.84 Å². The number of hydrogen-bond donors (Lipinski definition) is 1. The molecule has 2 fully saturated rings. The van der Waals surface area contributed by atoms with Gasteiger partial charge < -0.3 is 10.1 Å². The Morgan fingerprint density at radius 1 is 1.27 bits per heavy atom. The van der Waals surface area contributed by atoms with E-state index >= 15 is 0 Å². The Kier molecular flexibility index (Phi) is 3.57. The number of carbonyl (C=O) groups is 1. The Morgan fingerprint density at radius 2 is 1.95 bits per heavy atom. The summed E-state index contributed by atoms with van der Waals surface area (Å²) in [7, 11) is -1.28. The van der Waals surface area contributed by atoms with Gasteiger partial charge in [0.2, 0.25) is 0 Å². The Morgan fingerprint density at radius 3 is 2.45 bits per heavy atom. The number of ether oxygens (including phenoxy) is 1. The Labute approximate surface area is 131 Å². The van der Waals surface area contributed by atoms with Crippen molar-refractivity contribution in [1.29, 1.82) is 0 Å². The normalized spacial score (nSPS) is 23.9. The molecule has 1 aromatic carbocycles. The predicted molar refractivity (Wildman–Crippen MR) is 83.5 cm³/mol. The molecule has 120 valence electrons. The number of benzene rings is 1. The van der Waals surface area contributed by atoms with Gasteiger partial charge >= 0.3 is 0 Å². The van der Waals surface area contributed by atoms with Crippen LogP contribution in [0.1, 0.15) is 42.1 Å². The lowest BCUT2D eigenvalue weighted by Gasteiger charge is -2.41. The van der Waals surface area contributed by atoms with Gasteiger partial charge in [-0.2, -0.15) is 0 Å². The van der Waals surface area contributed by atoms with E-state index in [1.807, 2.05) is 18.2 Å². The highest BCUT2D eigenvalue weighted by Gasteiger charge is 2.46. The van der Waals surface area contributed by atoms with Crippen molar-refractivity contribution in [3.05, 3.63) is 35.4 Å². The first-order valence-electron chi connectivity index (χ1n) is 7.46. The van der Waals surface area contributed by atoms with Gasteiger partial charge in [0.05, 0.1) is 22.6 Å². The van der Waals surface area contributed by atoms with Crippen LogP contribution in [0.4, 0.5) is 0 Å². The lowest BCUT2D eigenvalue weighted by Crippen LogP contribution is -2.63. The number of methoxy groups -OCH3 is 1. The van der Waals surface area contributed by atoms with E-state index in [4.69, 9.17) is 4.74 Å². The summed E-state index contributed by atoms with van der Waals surface area (Å²) >= 11 is 0. The summed E-state index contributed by atoms with van der Waals surface area (Å²) in [6.45, 7) is 1.76. The molecular weight excluding hydrogens is 302 g/mol. The molecule has 1 aliphatic heterocycles. The maximum Gasteiger partial charge on any atom is 0.251 e. The lowest BCUT2D eigenvalue weighted by molar-refractivity contribution is -0.0778. The average molecular weight is 323 g/mol. The highest BCUT2D eigenvalue weighted by atomic mass is 32.2. The van der Waals surface area contributed by atoms with E-state index < -0.39 is 15.4 Å². The maximum atomic E-state index is 12.4. The maximum absolute atomic E-state index is 12.4. The monoisotopic (exact) mass is 323 g/mol. The molecule has 1 N–H and O–H groups in total. The third-order valence-electron chi connectivity index (χ3n) is 4.70. The zero-order valence-corrected chi connectivity index (χ0v) is 13.7. The fourth-order valence-electron chi connectivity index (χ4n) is 3.40. The first kappa shape index (κ1) is 15.5. The molecule has 5 nitrogen and oxygen atoms in total. The van der Waals surface area contributed by atoms with Crippen molar-refractivity contribution in [2.24, 2.45) is 0 Å². The predicted octanol–water partition coefficient (Wildman–Crippen LogP) is 1.63. The van der Waals surface area contributed by atoms with Crippen LogP contribution in [-0.2, 0) is 20.2 Å². The van der Waals surface area contributed by atoms with Crippen LogP contribution in [-0.4, -0.2) is 38.5 Å². The summed E-state index contributed by atoms with van der Waals surface area (Å²) in [5.41, 5.74) is 0.646. The summed E-state index contributed by atoms with van der Waals surface area (Å²) in [6.07, 6.45) is 3.05. The van der Waals surface area contributed by atoms with Gasteiger partial charge in [-0.05, 0) is 43.9 Å². The molecule has 0 aromatic heterocycles. The molecule has 0 unspecified atom stereocenters. The molecule has 3 rings (SSSR count). The van der Waals surface area contributed by atoms with Crippen molar-refractivity contribution < 1.29 is 17.9 Å². The summed E-state index contributed by atoms with van der Waals surface area (Å²) in [4.78, 5) is 12.4. The zero-order chi connectivity index (χ0) is 16.0. The van der Waals surface area contributed by atoms with Crippen LogP contribution >= 0.6 is 0 Å². The highest BCUT2D eigenvalue weighted by molar-refractivity contribution is 7.93. The topological polar surface area (TPSA) is 72.5 Å². The molecule has 0 radical (unpaired) electrons. The number of hydrogen-bond acceptors (Lipinski definition) is 4. The van der Waals surface area contributed by atoms with Gasteiger partial charge in [-0.1, -0.05) is 12.1 Å². The van der Waals surface area contributed by atoms with Crippen LogP contribution in [0.25, 0.3) is 0 Å². The van der Waals surface area contributed by atoms with Gasteiger partial charge in [0, 0.05) is 12.7 Å². The second kappa shape index (κ2) is 5.06. The molecule has 0 atom stereocenters. The molecule has 1 saturated heterocycles. The SMILES string of the molecule is COC1(c2cccc(C(=O)NC3(C)CS(=O)(=O)C3)c2)CCC1. The van der Waals surface area contributed by atoms with Crippen molar-refractivity contribution in [2.45, 2.75) is 37.3 Å². The molecule has 1 saturated carbocycles. The first-order valence-corrected chi connectivity index (χ1v) is 9.28. The average Bonchev–Trinajstić information content (AvgIpc) is 2.35. The molecule has 2 aliphatic rings. The van der Waals surface area contributed by atoms with Gasteiger partial charge in [0.1, 0.15) is 0 Å². The summed E-state index contributed by atoms with van der Waals surface area (Å²) in [5, 5.41) is 2.84. The molecule has 1 amide bonds. The van der Waals surface area contributed by atoms with E-state index in [0.717, 1.165) is 24.8 Å². The minimum atomic E-state index is -2.98. The molecule has 0 spiro atoms. The number of amides is 1. The lowest BCUT2D eigenvalue weighted by atomic mass is 9.74. The van der Waals surface area contributed by atoms with Crippen molar-refractivity contribution >= 4 is 15.7 Å². The minimum absolute atomic E-state index is 0.00738. The van der Waals surface area contributed by atoms with E-state index in [9.17, 15) is 13.2 Å². The number of nitrogens with one attached hydrogen (secondary N) is 1. The van der Waals surface area contributed by atoms with E-state index in [0.29, 0.717) is 5.56 Å². The van der Waals surface area contributed by atoms with Crippen molar-refractivity contribution in [2.75, 3.05) is 18.6 Å². The largest absolute Gasteiger partial charge is 0.374 e. The fourth-order valence-corrected chi connectivity index (χ4v) is 5.40. The smallest absolute Gasteiger partial charge is 0.251 e. The van der Waals surface area contributed by atoms with Crippen molar-refractivity contribution in [1.82, 2.24) is 5.32 Å². The van der Waals surface area contributed by atoms with Crippen LogP contribution in [0.15, 0.2) is 24.3 Å². The quantitative estimate of drug-likeness (QED) is 0.914. The van der Waals surface area contributed by atoms with Crippen molar-refractivity contribution in [3.63, 3.8) is 0 Å². The van der Waals surface area contributed by atoms with E-state index in [1.54, 1.807) is 20.1 Å². The molecule has 1 aromatic rings. The number of sulfone groups is 1. The highest BCUT2D eigenvalue weighted by Crippen LogP contribution is 2.44. The zero-order valence-electron chi connectivity index (χ0n) is 12.9. The summed E-state index contributed by atoms with van der Waals surface area (Å²) in [6, 6.07) is 7.43. The van der Waals surface area contributed by atoms with Crippen LogP contribution < -0.4 is 5.32 Å². The molecule has 6 heteroatoms. The minimum Gasteiger partial charge on any atom is -0.374 e. The van der Waals surface area contributed by atoms with E-state index in [-0.39, 0.29) is 23.0 Å². The fraction of sp³-hybridized carbons (Fsp3) is 0.562. The van der Waals surface area contributed by atoms with Gasteiger partial charge in [-0.25, -0.2) is 8.42 Å². The third-order valence-corrected chi connectivity index (χ3v) is 6.85. The number of carbonyl (C=O) groups excluding carboxylic acids is 1. The first-order chi connectivity index (χ1) is 10.3. The molecule has 1 aliphatic carbocycles. The second-order valence-electron chi connectivity index (χ2n) is 6.68. The van der Waals surface area contributed by atoms with Gasteiger partial charge in [0.25, 0.3) is 5.91 Å². The van der Waals surface area contributed by atoms with Gasteiger partial charge in [-0.3, -0.25) is 4.79 Å². The van der Waals surface area contributed by atoms with Crippen LogP contribution in [0.5, 0.6) is 0 Å². The standard InChI is InChI=1S/C16H21NO4S/c1-15(10-22(19,20)11-15)17-14(18)12-5-3-6-13(9-12)16(21-2)7-4-8-16/h3,5-6,9H,4,7-8,10-11H2,1-2H3,(H,17,18).